The maximum atomic E-state index is 13.4. The molecule has 0 aliphatic rings. The second-order valence-corrected chi connectivity index (χ2v) is 7.17. The van der Waals surface area contributed by atoms with Gasteiger partial charge in [0.15, 0.2) is 5.65 Å². The zero-order valence-electron chi connectivity index (χ0n) is 18.0. The SMILES string of the molecule is CCn1ncc2c(C(=O)Nc3cc(NC(C)=O)ccc3OC)cc(-c3ccccc3)nc21. The van der Waals surface area contributed by atoms with Crippen molar-refractivity contribution in [1.29, 1.82) is 0 Å². The summed E-state index contributed by atoms with van der Waals surface area (Å²) < 4.78 is 7.15. The lowest BCUT2D eigenvalue weighted by atomic mass is 10.1. The molecule has 2 amide bonds. The molecule has 4 aromatic rings. The Bertz CT molecular complexity index is 1300. The summed E-state index contributed by atoms with van der Waals surface area (Å²) in [6.45, 7) is 4.02. The molecule has 0 unspecified atom stereocenters. The third-order valence-electron chi connectivity index (χ3n) is 4.99. The van der Waals surface area contributed by atoms with E-state index < -0.39 is 0 Å². The first-order valence-electron chi connectivity index (χ1n) is 10.2. The van der Waals surface area contributed by atoms with E-state index in [-0.39, 0.29) is 11.8 Å². The number of nitrogens with zero attached hydrogens (tertiary/aromatic N) is 3. The van der Waals surface area contributed by atoms with Gasteiger partial charge < -0.3 is 15.4 Å². The van der Waals surface area contributed by atoms with Crippen LogP contribution in [0.15, 0.2) is 60.8 Å². The Hall–Kier alpha value is -4.20. The van der Waals surface area contributed by atoms with Crippen LogP contribution >= 0.6 is 0 Å². The molecule has 4 rings (SSSR count). The first kappa shape index (κ1) is 21.0. The molecule has 0 radical (unpaired) electrons. The fourth-order valence-corrected chi connectivity index (χ4v) is 3.50. The lowest BCUT2D eigenvalue weighted by Crippen LogP contribution is -2.14. The summed E-state index contributed by atoms with van der Waals surface area (Å²) in [4.78, 5) is 29.6. The highest BCUT2D eigenvalue weighted by atomic mass is 16.5. The van der Waals surface area contributed by atoms with E-state index in [2.05, 4.69) is 15.7 Å². The standard InChI is InChI=1S/C24H23N5O3/c1-4-29-23-19(14-25-29)18(13-20(27-23)16-8-6-5-7-9-16)24(31)28-21-12-17(26-15(2)30)10-11-22(21)32-3/h5-14H,4H2,1-3H3,(H,26,30)(H,28,31). The summed E-state index contributed by atoms with van der Waals surface area (Å²) in [7, 11) is 1.52. The Kier molecular flexibility index (Phi) is 5.85. The van der Waals surface area contributed by atoms with Gasteiger partial charge in [0.25, 0.3) is 5.91 Å². The Balaban J connectivity index is 1.79. The van der Waals surface area contributed by atoms with Crippen LogP contribution in [0.25, 0.3) is 22.3 Å². The van der Waals surface area contributed by atoms with Gasteiger partial charge in [0, 0.05) is 24.7 Å². The Morgan fingerprint density at radius 2 is 1.84 bits per heavy atom. The van der Waals surface area contributed by atoms with Gasteiger partial charge in [-0.15, -0.1) is 0 Å². The molecule has 0 bridgehead atoms. The van der Waals surface area contributed by atoms with E-state index in [1.165, 1.54) is 14.0 Å². The fourth-order valence-electron chi connectivity index (χ4n) is 3.50. The molecule has 0 aliphatic heterocycles. The van der Waals surface area contributed by atoms with Crippen molar-refractivity contribution in [3.63, 3.8) is 0 Å². The third kappa shape index (κ3) is 4.15. The zero-order valence-corrected chi connectivity index (χ0v) is 18.0. The molecule has 0 aliphatic carbocycles. The van der Waals surface area contributed by atoms with Crippen molar-refractivity contribution in [2.45, 2.75) is 20.4 Å². The van der Waals surface area contributed by atoms with Crippen molar-refractivity contribution >= 4 is 34.2 Å². The van der Waals surface area contributed by atoms with Crippen molar-refractivity contribution in [3.05, 3.63) is 66.4 Å². The maximum absolute atomic E-state index is 13.4. The largest absolute Gasteiger partial charge is 0.495 e. The van der Waals surface area contributed by atoms with E-state index in [0.29, 0.717) is 46.0 Å². The zero-order chi connectivity index (χ0) is 22.7. The summed E-state index contributed by atoms with van der Waals surface area (Å²) in [5.74, 6) is -0.0587. The van der Waals surface area contributed by atoms with Crippen LogP contribution in [0.4, 0.5) is 11.4 Å². The van der Waals surface area contributed by atoms with Crippen LogP contribution in [0.5, 0.6) is 5.75 Å². The molecular weight excluding hydrogens is 406 g/mol. The van der Waals surface area contributed by atoms with Gasteiger partial charge >= 0.3 is 0 Å². The second-order valence-electron chi connectivity index (χ2n) is 7.17. The summed E-state index contributed by atoms with van der Waals surface area (Å²) in [6, 6.07) is 16.5. The van der Waals surface area contributed by atoms with Crippen molar-refractivity contribution in [3.8, 4) is 17.0 Å². The van der Waals surface area contributed by atoms with E-state index >= 15 is 0 Å². The molecule has 32 heavy (non-hydrogen) atoms. The predicted molar refractivity (Wildman–Crippen MR) is 124 cm³/mol. The van der Waals surface area contributed by atoms with Crippen LogP contribution in [0, 0.1) is 0 Å². The molecule has 0 fully saturated rings. The number of aromatic nitrogens is 3. The van der Waals surface area contributed by atoms with Gasteiger partial charge in [-0.05, 0) is 31.2 Å². The van der Waals surface area contributed by atoms with Gasteiger partial charge in [0.05, 0.1) is 35.6 Å². The number of carbonyl (C=O) groups excluding carboxylic acids is 2. The minimum atomic E-state index is -0.330. The number of benzene rings is 2. The van der Waals surface area contributed by atoms with Crippen LogP contribution in [-0.2, 0) is 11.3 Å². The lowest BCUT2D eigenvalue weighted by molar-refractivity contribution is -0.114. The van der Waals surface area contributed by atoms with E-state index in [0.717, 1.165) is 5.56 Å². The average molecular weight is 429 g/mol. The number of fused-ring (bicyclic) bond motifs is 1. The molecule has 2 N–H and O–H groups in total. The van der Waals surface area contributed by atoms with E-state index in [1.807, 2.05) is 37.3 Å². The number of amides is 2. The monoisotopic (exact) mass is 429 g/mol. The number of pyridine rings is 1. The average Bonchev–Trinajstić information content (AvgIpc) is 3.22. The molecule has 2 aromatic carbocycles. The van der Waals surface area contributed by atoms with Crippen molar-refractivity contribution < 1.29 is 14.3 Å². The van der Waals surface area contributed by atoms with Crippen LogP contribution in [0.3, 0.4) is 0 Å². The van der Waals surface area contributed by atoms with E-state index in [9.17, 15) is 9.59 Å². The van der Waals surface area contributed by atoms with E-state index in [4.69, 9.17) is 9.72 Å². The van der Waals surface area contributed by atoms with Gasteiger partial charge in [0.2, 0.25) is 5.91 Å². The van der Waals surface area contributed by atoms with Gasteiger partial charge in [0.1, 0.15) is 5.75 Å². The first-order valence-corrected chi connectivity index (χ1v) is 10.2. The summed E-state index contributed by atoms with van der Waals surface area (Å²) in [6.07, 6.45) is 1.65. The minimum Gasteiger partial charge on any atom is -0.495 e. The minimum absolute atomic E-state index is 0.206. The highest BCUT2D eigenvalue weighted by Gasteiger charge is 2.19. The van der Waals surface area contributed by atoms with Crippen LogP contribution in [0.1, 0.15) is 24.2 Å². The number of rotatable bonds is 6. The number of methoxy groups -OCH3 is 1. The lowest BCUT2D eigenvalue weighted by Gasteiger charge is -2.13. The van der Waals surface area contributed by atoms with Gasteiger partial charge in [-0.3, -0.25) is 9.59 Å². The molecule has 2 aromatic heterocycles. The summed E-state index contributed by atoms with van der Waals surface area (Å²) in [5, 5.41) is 10.7. The molecule has 0 atom stereocenters. The van der Waals surface area contributed by atoms with Crippen molar-refractivity contribution in [2.24, 2.45) is 0 Å². The van der Waals surface area contributed by atoms with Crippen LogP contribution in [-0.4, -0.2) is 33.7 Å². The van der Waals surface area contributed by atoms with Gasteiger partial charge in [-0.1, -0.05) is 30.3 Å². The Morgan fingerprint density at radius 1 is 1.06 bits per heavy atom. The van der Waals surface area contributed by atoms with Crippen LogP contribution < -0.4 is 15.4 Å². The fraction of sp³-hybridized carbons (Fsp3) is 0.167. The molecule has 0 spiro atoms. The smallest absolute Gasteiger partial charge is 0.256 e. The van der Waals surface area contributed by atoms with Crippen molar-refractivity contribution in [1.82, 2.24) is 14.8 Å². The third-order valence-corrected chi connectivity index (χ3v) is 4.99. The highest BCUT2D eigenvalue weighted by Crippen LogP contribution is 2.30. The van der Waals surface area contributed by atoms with Gasteiger partial charge in [-0.2, -0.15) is 5.10 Å². The number of aryl methyl sites for hydroxylation is 1. The number of hydrogen-bond donors (Lipinski definition) is 2. The van der Waals surface area contributed by atoms with Crippen molar-refractivity contribution in [2.75, 3.05) is 17.7 Å². The molecule has 162 valence electrons. The summed E-state index contributed by atoms with van der Waals surface area (Å²) >= 11 is 0. The molecule has 0 saturated heterocycles. The number of carbonyl (C=O) groups is 2. The number of ether oxygens (including phenoxy) is 1. The molecule has 8 nitrogen and oxygen atoms in total. The Labute approximate surface area is 185 Å². The topological polar surface area (TPSA) is 98.1 Å². The quantitative estimate of drug-likeness (QED) is 0.475. The molecule has 0 saturated carbocycles. The first-order chi connectivity index (χ1) is 15.5. The number of nitrogens with one attached hydrogen (secondary N) is 2. The maximum Gasteiger partial charge on any atom is 0.256 e. The van der Waals surface area contributed by atoms with Crippen LogP contribution in [0.2, 0.25) is 0 Å². The summed E-state index contributed by atoms with van der Waals surface area (Å²) in [5.41, 5.74) is 3.66. The van der Waals surface area contributed by atoms with E-state index in [1.54, 1.807) is 35.1 Å². The number of hydrogen-bond acceptors (Lipinski definition) is 5. The molecule has 2 heterocycles. The second kappa shape index (κ2) is 8.89. The Morgan fingerprint density at radius 3 is 2.53 bits per heavy atom. The molecular formula is C24H23N5O3. The van der Waals surface area contributed by atoms with Gasteiger partial charge in [-0.25, -0.2) is 9.67 Å². The molecule has 8 heteroatoms. The number of anilines is 2. The highest BCUT2D eigenvalue weighted by molar-refractivity contribution is 6.13. The predicted octanol–water partition coefficient (Wildman–Crippen LogP) is 4.34. The normalized spacial score (nSPS) is 10.7.